The third-order valence-electron chi connectivity index (χ3n) is 4.12. The van der Waals surface area contributed by atoms with Gasteiger partial charge in [-0.3, -0.25) is 0 Å². The van der Waals surface area contributed by atoms with Crippen LogP contribution < -0.4 is 5.32 Å². The third kappa shape index (κ3) is 3.58. The van der Waals surface area contributed by atoms with Crippen molar-refractivity contribution in [3.8, 4) is 0 Å². The Hall–Kier alpha value is -0.830. The average Bonchev–Trinajstić information content (AvgIpc) is 2.78. The van der Waals surface area contributed by atoms with Gasteiger partial charge in [0.2, 0.25) is 0 Å². The SMILES string of the molecule is CCCNCc1cn(C2CCC(C)(C)CC2)cn1. The molecule has 0 saturated heterocycles. The average molecular weight is 249 g/mol. The van der Waals surface area contributed by atoms with E-state index in [1.165, 1.54) is 37.8 Å². The Morgan fingerprint density at radius 1 is 1.39 bits per heavy atom. The van der Waals surface area contributed by atoms with Gasteiger partial charge in [-0.05, 0) is 44.1 Å². The lowest BCUT2D eigenvalue weighted by Crippen LogP contribution is -2.22. The Bertz CT molecular complexity index is 358. The number of nitrogens with zero attached hydrogens (tertiary/aromatic N) is 2. The molecule has 1 N–H and O–H groups in total. The van der Waals surface area contributed by atoms with Crippen molar-refractivity contribution < 1.29 is 0 Å². The van der Waals surface area contributed by atoms with Crippen LogP contribution in [-0.4, -0.2) is 16.1 Å². The molecule has 3 nitrogen and oxygen atoms in total. The van der Waals surface area contributed by atoms with E-state index in [9.17, 15) is 0 Å². The summed E-state index contributed by atoms with van der Waals surface area (Å²) in [5.74, 6) is 0. The molecule has 3 heteroatoms. The molecule has 0 aromatic carbocycles. The van der Waals surface area contributed by atoms with Crippen molar-refractivity contribution >= 4 is 0 Å². The van der Waals surface area contributed by atoms with Gasteiger partial charge >= 0.3 is 0 Å². The normalized spacial score (nSPS) is 20.2. The zero-order valence-electron chi connectivity index (χ0n) is 12.1. The van der Waals surface area contributed by atoms with Crippen LogP contribution in [0.3, 0.4) is 0 Å². The molecular formula is C15H27N3. The lowest BCUT2D eigenvalue weighted by Gasteiger charge is -2.34. The van der Waals surface area contributed by atoms with E-state index in [1.54, 1.807) is 0 Å². The fourth-order valence-electron chi connectivity index (χ4n) is 2.75. The second-order valence-electron chi connectivity index (χ2n) is 6.38. The predicted molar refractivity (Wildman–Crippen MR) is 75.5 cm³/mol. The molecule has 2 rings (SSSR count). The molecule has 1 heterocycles. The van der Waals surface area contributed by atoms with Gasteiger partial charge in [-0.2, -0.15) is 0 Å². The molecule has 0 bridgehead atoms. The van der Waals surface area contributed by atoms with Crippen LogP contribution >= 0.6 is 0 Å². The highest BCUT2D eigenvalue weighted by Gasteiger charge is 2.27. The van der Waals surface area contributed by atoms with Gasteiger partial charge in [0.1, 0.15) is 0 Å². The summed E-state index contributed by atoms with van der Waals surface area (Å²) in [4.78, 5) is 4.50. The second-order valence-corrected chi connectivity index (χ2v) is 6.38. The van der Waals surface area contributed by atoms with Crippen molar-refractivity contribution in [1.82, 2.24) is 14.9 Å². The highest BCUT2D eigenvalue weighted by molar-refractivity contribution is 4.98. The quantitative estimate of drug-likeness (QED) is 0.809. The molecule has 0 unspecified atom stereocenters. The van der Waals surface area contributed by atoms with Gasteiger partial charge in [-0.25, -0.2) is 4.98 Å². The molecular weight excluding hydrogens is 222 g/mol. The van der Waals surface area contributed by atoms with Crippen molar-refractivity contribution in [3.05, 3.63) is 18.2 Å². The van der Waals surface area contributed by atoms with Crippen molar-refractivity contribution in [2.24, 2.45) is 5.41 Å². The zero-order valence-corrected chi connectivity index (χ0v) is 12.1. The highest BCUT2D eigenvalue weighted by Crippen LogP contribution is 2.39. The van der Waals surface area contributed by atoms with Gasteiger partial charge in [0.15, 0.2) is 0 Å². The Labute approximate surface area is 111 Å². The first-order chi connectivity index (χ1) is 8.61. The van der Waals surface area contributed by atoms with Gasteiger partial charge in [-0.1, -0.05) is 20.8 Å². The second kappa shape index (κ2) is 5.87. The maximum absolute atomic E-state index is 4.50. The summed E-state index contributed by atoms with van der Waals surface area (Å²) in [7, 11) is 0. The summed E-state index contributed by atoms with van der Waals surface area (Å²) in [5.41, 5.74) is 1.72. The molecule has 1 aliphatic carbocycles. The number of rotatable bonds is 5. The van der Waals surface area contributed by atoms with Crippen LogP contribution in [0.15, 0.2) is 12.5 Å². The van der Waals surface area contributed by atoms with Crippen LogP contribution in [0.25, 0.3) is 0 Å². The van der Waals surface area contributed by atoms with Gasteiger partial charge < -0.3 is 9.88 Å². The summed E-state index contributed by atoms with van der Waals surface area (Å²) < 4.78 is 2.33. The van der Waals surface area contributed by atoms with Crippen LogP contribution in [0.4, 0.5) is 0 Å². The summed E-state index contributed by atoms with van der Waals surface area (Å²) in [6.45, 7) is 8.94. The number of hydrogen-bond donors (Lipinski definition) is 1. The number of imidazole rings is 1. The summed E-state index contributed by atoms with van der Waals surface area (Å²) >= 11 is 0. The fraction of sp³-hybridized carbons (Fsp3) is 0.800. The molecule has 1 fully saturated rings. The van der Waals surface area contributed by atoms with E-state index < -0.39 is 0 Å². The molecule has 1 aliphatic rings. The van der Waals surface area contributed by atoms with Crippen LogP contribution in [0.5, 0.6) is 0 Å². The van der Waals surface area contributed by atoms with Crippen LogP contribution in [0, 0.1) is 5.41 Å². The van der Waals surface area contributed by atoms with Crippen molar-refractivity contribution in [1.29, 1.82) is 0 Å². The summed E-state index contributed by atoms with van der Waals surface area (Å²) in [5, 5.41) is 3.40. The minimum atomic E-state index is 0.544. The van der Waals surface area contributed by atoms with E-state index in [2.05, 4.69) is 41.8 Å². The van der Waals surface area contributed by atoms with Gasteiger partial charge in [0.25, 0.3) is 0 Å². The molecule has 0 atom stereocenters. The standard InChI is InChI=1S/C15H27N3/c1-4-9-16-10-13-11-18(12-17-13)14-5-7-15(2,3)8-6-14/h11-12,14,16H,4-10H2,1-3H3. The molecule has 1 saturated carbocycles. The summed E-state index contributed by atoms with van der Waals surface area (Å²) in [6, 6.07) is 0.672. The molecule has 1 aromatic heterocycles. The Balaban J connectivity index is 1.86. The number of nitrogens with one attached hydrogen (secondary N) is 1. The Kier molecular flexibility index (Phi) is 4.44. The topological polar surface area (TPSA) is 29.9 Å². The van der Waals surface area contributed by atoms with Gasteiger partial charge in [0, 0.05) is 18.8 Å². The summed E-state index contributed by atoms with van der Waals surface area (Å²) in [6.07, 6.45) is 10.7. The molecule has 102 valence electrons. The Morgan fingerprint density at radius 2 is 2.11 bits per heavy atom. The molecule has 18 heavy (non-hydrogen) atoms. The van der Waals surface area contributed by atoms with Crippen molar-refractivity contribution in [2.75, 3.05) is 6.54 Å². The minimum absolute atomic E-state index is 0.544. The van der Waals surface area contributed by atoms with E-state index in [1.807, 2.05) is 6.33 Å². The third-order valence-corrected chi connectivity index (χ3v) is 4.12. The van der Waals surface area contributed by atoms with E-state index >= 15 is 0 Å². The van der Waals surface area contributed by atoms with Gasteiger partial charge in [0.05, 0.1) is 12.0 Å². The van der Waals surface area contributed by atoms with Crippen molar-refractivity contribution in [2.45, 2.75) is 65.5 Å². The predicted octanol–water partition coefficient (Wildman–Crippen LogP) is 3.52. The molecule has 0 amide bonds. The van der Waals surface area contributed by atoms with E-state index in [4.69, 9.17) is 0 Å². The first-order valence-electron chi connectivity index (χ1n) is 7.34. The van der Waals surface area contributed by atoms with E-state index in [0.717, 1.165) is 13.1 Å². The number of aromatic nitrogens is 2. The van der Waals surface area contributed by atoms with Crippen LogP contribution in [0.1, 0.15) is 64.6 Å². The molecule has 0 radical (unpaired) electrons. The van der Waals surface area contributed by atoms with E-state index in [-0.39, 0.29) is 0 Å². The van der Waals surface area contributed by atoms with Crippen LogP contribution in [-0.2, 0) is 6.54 Å². The van der Waals surface area contributed by atoms with E-state index in [0.29, 0.717) is 11.5 Å². The minimum Gasteiger partial charge on any atom is -0.334 e. The first-order valence-corrected chi connectivity index (χ1v) is 7.34. The lowest BCUT2D eigenvalue weighted by atomic mass is 9.75. The molecule has 0 aliphatic heterocycles. The molecule has 1 aromatic rings. The van der Waals surface area contributed by atoms with Gasteiger partial charge in [-0.15, -0.1) is 0 Å². The zero-order chi connectivity index (χ0) is 13.0. The van der Waals surface area contributed by atoms with Crippen LogP contribution in [0.2, 0.25) is 0 Å². The fourth-order valence-corrected chi connectivity index (χ4v) is 2.75. The highest BCUT2D eigenvalue weighted by atomic mass is 15.1. The number of hydrogen-bond acceptors (Lipinski definition) is 2. The Morgan fingerprint density at radius 3 is 2.78 bits per heavy atom. The smallest absolute Gasteiger partial charge is 0.0952 e. The maximum atomic E-state index is 4.50. The maximum Gasteiger partial charge on any atom is 0.0952 e. The largest absolute Gasteiger partial charge is 0.334 e. The lowest BCUT2D eigenvalue weighted by molar-refractivity contribution is 0.193. The monoisotopic (exact) mass is 249 g/mol. The first kappa shape index (κ1) is 13.6. The molecule has 0 spiro atoms. The van der Waals surface area contributed by atoms with Crippen molar-refractivity contribution in [3.63, 3.8) is 0 Å².